The molecule has 9 heteroatoms. The molecule has 0 aromatic heterocycles. The minimum Gasteiger partial charge on any atom is -0.481 e. The highest BCUT2D eigenvalue weighted by Crippen LogP contribution is 2.37. The maximum atomic E-state index is 13.1. The van der Waals surface area contributed by atoms with Gasteiger partial charge < -0.3 is 5.11 Å². The van der Waals surface area contributed by atoms with Gasteiger partial charge in [-0.2, -0.15) is 13.2 Å². The largest absolute Gasteiger partial charge is 0.481 e. The molecule has 0 spiro atoms. The van der Waals surface area contributed by atoms with Gasteiger partial charge in [-0.1, -0.05) is 17.8 Å². The third-order valence-electron chi connectivity index (χ3n) is 3.01. The number of carbonyl (C=O) groups is 1. The van der Waals surface area contributed by atoms with Crippen LogP contribution in [0, 0.1) is 10.1 Å². The van der Waals surface area contributed by atoms with Crippen LogP contribution in [-0.4, -0.2) is 16.0 Å². The lowest BCUT2D eigenvalue weighted by atomic mass is 10.0. The summed E-state index contributed by atoms with van der Waals surface area (Å²) < 4.78 is 39.2. The quantitative estimate of drug-likeness (QED) is 0.634. The second kappa shape index (κ2) is 6.91. The zero-order valence-corrected chi connectivity index (χ0v) is 12.7. The van der Waals surface area contributed by atoms with Crippen molar-refractivity contribution in [3.8, 4) is 0 Å². The summed E-state index contributed by atoms with van der Waals surface area (Å²) in [6.07, 6.45) is -5.39. The first-order chi connectivity index (χ1) is 11.2. The Kier molecular flexibility index (Phi) is 5.13. The lowest BCUT2D eigenvalue weighted by Gasteiger charge is -2.13. The molecule has 0 atom stereocenters. The monoisotopic (exact) mass is 357 g/mol. The molecule has 126 valence electrons. The summed E-state index contributed by atoms with van der Waals surface area (Å²) in [5.74, 6) is -1.35. The summed E-state index contributed by atoms with van der Waals surface area (Å²) in [6.45, 7) is 0. The Balaban J connectivity index is 2.30. The SMILES string of the molecule is O=C(O)Cc1ccc(Sc2ccc([N+](=O)[O-])cc2)cc1C(F)(F)F. The van der Waals surface area contributed by atoms with Gasteiger partial charge in [0.15, 0.2) is 0 Å². The van der Waals surface area contributed by atoms with Crippen LogP contribution in [-0.2, 0) is 17.4 Å². The Bertz CT molecular complexity index is 775. The van der Waals surface area contributed by atoms with Crippen LogP contribution in [0.5, 0.6) is 0 Å². The first kappa shape index (κ1) is 17.8. The molecular weight excluding hydrogens is 347 g/mol. The van der Waals surface area contributed by atoms with Crippen LogP contribution in [0.3, 0.4) is 0 Å². The van der Waals surface area contributed by atoms with E-state index in [0.29, 0.717) is 4.90 Å². The average molecular weight is 357 g/mol. The van der Waals surface area contributed by atoms with Crippen LogP contribution in [0.2, 0.25) is 0 Å². The maximum Gasteiger partial charge on any atom is 0.416 e. The van der Waals surface area contributed by atoms with Gasteiger partial charge >= 0.3 is 12.1 Å². The molecule has 2 aromatic rings. The van der Waals surface area contributed by atoms with E-state index >= 15 is 0 Å². The number of nitro benzene ring substituents is 1. The zero-order chi connectivity index (χ0) is 17.9. The molecule has 0 saturated heterocycles. The third-order valence-corrected chi connectivity index (χ3v) is 4.01. The topological polar surface area (TPSA) is 80.4 Å². The van der Waals surface area contributed by atoms with E-state index in [1.807, 2.05) is 0 Å². The standard InChI is InChI=1S/C15H10F3NO4S/c16-15(17,18)13-8-12(4-1-9(13)7-14(20)21)24-11-5-2-10(3-6-11)19(22)23/h1-6,8H,7H2,(H,20,21). The Morgan fingerprint density at radius 3 is 2.21 bits per heavy atom. The van der Waals surface area contributed by atoms with Gasteiger partial charge in [0.05, 0.1) is 16.9 Å². The summed E-state index contributed by atoms with van der Waals surface area (Å²) in [5, 5.41) is 19.3. The Labute approximate surface area is 138 Å². The number of hydrogen-bond donors (Lipinski definition) is 1. The minimum atomic E-state index is -4.67. The number of aliphatic carboxylic acids is 1. The Morgan fingerprint density at radius 2 is 1.71 bits per heavy atom. The lowest BCUT2D eigenvalue weighted by molar-refractivity contribution is -0.384. The van der Waals surface area contributed by atoms with Crippen molar-refractivity contribution in [2.45, 2.75) is 22.4 Å². The van der Waals surface area contributed by atoms with Crippen molar-refractivity contribution in [2.24, 2.45) is 0 Å². The number of nitrogens with zero attached hydrogens (tertiary/aromatic N) is 1. The molecule has 1 N–H and O–H groups in total. The number of nitro groups is 1. The molecule has 2 aromatic carbocycles. The van der Waals surface area contributed by atoms with Crippen LogP contribution in [0.25, 0.3) is 0 Å². The smallest absolute Gasteiger partial charge is 0.416 e. The summed E-state index contributed by atoms with van der Waals surface area (Å²) in [5.41, 5.74) is -1.44. The Morgan fingerprint density at radius 1 is 1.12 bits per heavy atom. The zero-order valence-electron chi connectivity index (χ0n) is 11.9. The number of halogens is 3. The van der Waals surface area contributed by atoms with E-state index in [-0.39, 0.29) is 16.1 Å². The van der Waals surface area contributed by atoms with Gasteiger partial charge in [0.1, 0.15) is 0 Å². The number of rotatable bonds is 5. The van der Waals surface area contributed by atoms with Crippen molar-refractivity contribution in [2.75, 3.05) is 0 Å². The molecule has 0 aliphatic heterocycles. The molecule has 0 aliphatic rings. The number of alkyl halides is 3. The van der Waals surface area contributed by atoms with Gasteiger partial charge in [-0.05, 0) is 29.8 Å². The third kappa shape index (κ3) is 4.48. The lowest BCUT2D eigenvalue weighted by Crippen LogP contribution is -2.12. The van der Waals surface area contributed by atoms with E-state index in [9.17, 15) is 28.1 Å². The normalized spacial score (nSPS) is 11.3. The molecule has 0 radical (unpaired) electrons. The first-order valence-electron chi connectivity index (χ1n) is 6.51. The second-order valence-electron chi connectivity index (χ2n) is 4.74. The Hall–Kier alpha value is -2.55. The molecule has 0 unspecified atom stereocenters. The summed E-state index contributed by atoms with van der Waals surface area (Å²) >= 11 is 0.996. The molecule has 0 heterocycles. The molecule has 0 bridgehead atoms. The second-order valence-corrected chi connectivity index (χ2v) is 5.89. The predicted molar refractivity (Wildman–Crippen MR) is 80.0 cm³/mol. The van der Waals surface area contributed by atoms with Gasteiger partial charge in [-0.25, -0.2) is 0 Å². The van der Waals surface area contributed by atoms with Gasteiger partial charge in [0.2, 0.25) is 0 Å². The molecule has 0 aliphatic carbocycles. The van der Waals surface area contributed by atoms with Crippen molar-refractivity contribution in [3.63, 3.8) is 0 Å². The van der Waals surface area contributed by atoms with Crippen molar-refractivity contribution in [3.05, 3.63) is 63.7 Å². The van der Waals surface area contributed by atoms with E-state index in [2.05, 4.69) is 0 Å². The van der Waals surface area contributed by atoms with Crippen molar-refractivity contribution < 1.29 is 28.0 Å². The van der Waals surface area contributed by atoms with Gasteiger partial charge in [0.25, 0.3) is 5.69 Å². The van der Waals surface area contributed by atoms with E-state index in [0.717, 1.165) is 23.9 Å². The predicted octanol–water partition coefficient (Wildman–Crippen LogP) is 4.39. The number of hydrogen-bond acceptors (Lipinski definition) is 4. The van der Waals surface area contributed by atoms with E-state index in [1.54, 1.807) is 0 Å². The number of carboxylic acid groups (broad SMARTS) is 1. The molecule has 0 saturated carbocycles. The van der Waals surface area contributed by atoms with Crippen molar-refractivity contribution in [1.82, 2.24) is 0 Å². The summed E-state index contributed by atoms with van der Waals surface area (Å²) in [6, 6.07) is 8.77. The van der Waals surface area contributed by atoms with Crippen LogP contribution in [0.1, 0.15) is 11.1 Å². The first-order valence-corrected chi connectivity index (χ1v) is 7.32. The van der Waals surface area contributed by atoms with Crippen LogP contribution < -0.4 is 0 Å². The van der Waals surface area contributed by atoms with Gasteiger partial charge in [-0.15, -0.1) is 0 Å². The number of carboxylic acids is 1. The fourth-order valence-electron chi connectivity index (χ4n) is 1.97. The highest BCUT2D eigenvalue weighted by atomic mass is 32.2. The minimum absolute atomic E-state index is 0.118. The van der Waals surface area contributed by atoms with Gasteiger partial charge in [0, 0.05) is 21.9 Å². The summed E-state index contributed by atoms with van der Waals surface area (Å²) in [4.78, 5) is 21.5. The van der Waals surface area contributed by atoms with Crippen LogP contribution >= 0.6 is 11.8 Å². The summed E-state index contributed by atoms with van der Waals surface area (Å²) in [7, 11) is 0. The molecule has 0 fully saturated rings. The fraction of sp³-hybridized carbons (Fsp3) is 0.133. The number of non-ortho nitro benzene ring substituents is 1. The van der Waals surface area contributed by atoms with Crippen LogP contribution in [0.4, 0.5) is 18.9 Å². The molecular formula is C15H10F3NO4S. The number of benzene rings is 2. The van der Waals surface area contributed by atoms with E-state index in [4.69, 9.17) is 5.11 Å². The maximum absolute atomic E-state index is 13.1. The van der Waals surface area contributed by atoms with E-state index in [1.165, 1.54) is 30.3 Å². The highest BCUT2D eigenvalue weighted by Gasteiger charge is 2.34. The van der Waals surface area contributed by atoms with Gasteiger partial charge in [-0.3, -0.25) is 14.9 Å². The molecule has 0 amide bonds. The van der Waals surface area contributed by atoms with Crippen LogP contribution in [0.15, 0.2) is 52.3 Å². The fourth-order valence-corrected chi connectivity index (χ4v) is 2.83. The molecule has 2 rings (SSSR count). The van der Waals surface area contributed by atoms with Crippen molar-refractivity contribution in [1.29, 1.82) is 0 Å². The average Bonchev–Trinajstić information content (AvgIpc) is 2.47. The molecule has 5 nitrogen and oxygen atoms in total. The van der Waals surface area contributed by atoms with Crippen molar-refractivity contribution >= 4 is 23.4 Å². The van der Waals surface area contributed by atoms with E-state index < -0.39 is 29.1 Å². The molecule has 24 heavy (non-hydrogen) atoms. The highest BCUT2D eigenvalue weighted by molar-refractivity contribution is 7.99.